The molecule has 18 heavy (non-hydrogen) atoms. The molecule has 0 heterocycles. The first-order chi connectivity index (χ1) is 8.58. The zero-order valence-corrected chi connectivity index (χ0v) is 13.5. The third kappa shape index (κ3) is 3.35. The first-order valence-electron chi connectivity index (χ1n) is 5.52. The monoisotopic (exact) mass is 387 g/mol. The van der Waals surface area contributed by atoms with Gasteiger partial charge in [-0.1, -0.05) is 61.7 Å². The van der Waals surface area contributed by atoms with Gasteiger partial charge in [0.1, 0.15) is 0 Å². The molecule has 2 aromatic carbocycles. The molecule has 0 aliphatic carbocycles. The lowest BCUT2D eigenvalue weighted by atomic mass is 10.00. The Hall–Kier alpha value is -0.350. The van der Waals surface area contributed by atoms with Crippen molar-refractivity contribution in [3.8, 4) is 0 Å². The van der Waals surface area contributed by atoms with Crippen LogP contribution in [-0.2, 0) is 6.42 Å². The number of nitrogens with two attached hydrogens (primary N) is 1. The van der Waals surface area contributed by atoms with Crippen LogP contribution in [0.1, 0.15) is 17.2 Å². The van der Waals surface area contributed by atoms with Crippen molar-refractivity contribution < 1.29 is 0 Å². The Labute approximate surface area is 129 Å². The third-order valence-corrected chi connectivity index (χ3v) is 4.37. The average molecular weight is 390 g/mol. The number of halogens is 3. The molecule has 4 heteroatoms. The Morgan fingerprint density at radius 2 is 1.83 bits per heavy atom. The highest BCUT2D eigenvalue weighted by Gasteiger charge is 2.12. The maximum Gasteiger partial charge on any atom is 0.0454 e. The minimum atomic E-state index is -0.117. The van der Waals surface area contributed by atoms with Crippen molar-refractivity contribution in [3.63, 3.8) is 0 Å². The molecule has 0 spiro atoms. The zero-order chi connectivity index (χ0) is 13.1. The number of benzene rings is 2. The molecular formula is C14H12Br2ClN. The van der Waals surface area contributed by atoms with Gasteiger partial charge in [-0.05, 0) is 41.8 Å². The molecule has 1 atom stereocenters. The molecule has 2 aromatic rings. The molecule has 0 radical (unpaired) electrons. The van der Waals surface area contributed by atoms with Gasteiger partial charge in [0.25, 0.3) is 0 Å². The Balaban J connectivity index is 2.25. The van der Waals surface area contributed by atoms with Crippen molar-refractivity contribution in [1.82, 2.24) is 0 Å². The van der Waals surface area contributed by atoms with E-state index in [0.29, 0.717) is 5.02 Å². The Morgan fingerprint density at radius 3 is 2.56 bits per heavy atom. The molecule has 0 amide bonds. The van der Waals surface area contributed by atoms with Gasteiger partial charge in [-0.3, -0.25) is 0 Å². The number of hydrogen-bond donors (Lipinski definition) is 1. The summed E-state index contributed by atoms with van der Waals surface area (Å²) in [6.45, 7) is 0. The van der Waals surface area contributed by atoms with E-state index < -0.39 is 0 Å². The van der Waals surface area contributed by atoms with Crippen LogP contribution in [0.2, 0.25) is 5.02 Å². The van der Waals surface area contributed by atoms with Crippen LogP contribution in [0.15, 0.2) is 51.4 Å². The molecule has 0 saturated heterocycles. The normalized spacial score (nSPS) is 12.4. The summed E-state index contributed by atoms with van der Waals surface area (Å²) < 4.78 is 2.07. The van der Waals surface area contributed by atoms with E-state index in [1.54, 1.807) is 0 Å². The quantitative estimate of drug-likeness (QED) is 0.776. The van der Waals surface area contributed by atoms with Crippen molar-refractivity contribution in [2.24, 2.45) is 5.73 Å². The van der Waals surface area contributed by atoms with E-state index in [1.165, 1.54) is 5.56 Å². The summed E-state index contributed by atoms with van der Waals surface area (Å²) in [5.41, 5.74) is 8.38. The van der Waals surface area contributed by atoms with E-state index in [1.807, 2.05) is 36.4 Å². The van der Waals surface area contributed by atoms with Crippen molar-refractivity contribution in [2.45, 2.75) is 12.5 Å². The van der Waals surface area contributed by atoms with Crippen LogP contribution in [0.5, 0.6) is 0 Å². The molecule has 0 aromatic heterocycles. The van der Waals surface area contributed by atoms with E-state index in [2.05, 4.69) is 37.9 Å². The second kappa shape index (κ2) is 6.20. The fourth-order valence-corrected chi connectivity index (χ4v) is 2.89. The van der Waals surface area contributed by atoms with Crippen LogP contribution < -0.4 is 5.73 Å². The minimum absolute atomic E-state index is 0.117. The fourth-order valence-electron chi connectivity index (χ4n) is 1.81. The summed E-state index contributed by atoms with van der Waals surface area (Å²) in [7, 11) is 0. The summed E-state index contributed by atoms with van der Waals surface area (Å²) >= 11 is 13.2. The molecular weight excluding hydrogens is 377 g/mol. The van der Waals surface area contributed by atoms with Crippen molar-refractivity contribution in [2.75, 3.05) is 0 Å². The zero-order valence-electron chi connectivity index (χ0n) is 9.54. The summed E-state index contributed by atoms with van der Waals surface area (Å²) in [6.07, 6.45) is 0.748. The average Bonchev–Trinajstić information content (AvgIpc) is 2.35. The van der Waals surface area contributed by atoms with Gasteiger partial charge in [0.2, 0.25) is 0 Å². The lowest BCUT2D eigenvalue weighted by molar-refractivity contribution is 0.719. The van der Waals surface area contributed by atoms with Gasteiger partial charge < -0.3 is 5.73 Å². The van der Waals surface area contributed by atoms with Gasteiger partial charge in [0.05, 0.1) is 0 Å². The predicted molar refractivity (Wildman–Crippen MR) is 83.9 cm³/mol. The standard InChI is InChI=1S/C14H12Br2ClN/c15-10-5-6-13(17)11(8-10)14(18)7-9-3-1-2-4-12(9)16/h1-6,8,14H,7,18H2. The largest absolute Gasteiger partial charge is 0.324 e. The van der Waals surface area contributed by atoms with Gasteiger partial charge in [-0.15, -0.1) is 0 Å². The SMILES string of the molecule is NC(Cc1ccccc1Br)c1cc(Br)ccc1Cl. The maximum absolute atomic E-state index is 6.24. The molecule has 0 saturated carbocycles. The fraction of sp³-hybridized carbons (Fsp3) is 0.143. The van der Waals surface area contributed by atoms with E-state index in [0.717, 1.165) is 20.9 Å². The van der Waals surface area contributed by atoms with Gasteiger partial charge in [-0.2, -0.15) is 0 Å². The molecule has 1 unspecified atom stereocenters. The minimum Gasteiger partial charge on any atom is -0.324 e. The highest BCUT2D eigenvalue weighted by atomic mass is 79.9. The molecule has 0 fully saturated rings. The first-order valence-corrected chi connectivity index (χ1v) is 7.48. The van der Waals surface area contributed by atoms with Crippen molar-refractivity contribution in [3.05, 3.63) is 67.6 Å². The van der Waals surface area contributed by atoms with E-state index in [4.69, 9.17) is 17.3 Å². The molecule has 2 N–H and O–H groups in total. The lowest BCUT2D eigenvalue weighted by Crippen LogP contribution is -2.14. The molecule has 2 rings (SSSR count). The van der Waals surface area contributed by atoms with Crippen LogP contribution in [0.25, 0.3) is 0 Å². The highest BCUT2D eigenvalue weighted by molar-refractivity contribution is 9.10. The van der Waals surface area contributed by atoms with Crippen molar-refractivity contribution in [1.29, 1.82) is 0 Å². The van der Waals surface area contributed by atoms with Crippen LogP contribution in [-0.4, -0.2) is 0 Å². The van der Waals surface area contributed by atoms with Crippen molar-refractivity contribution >= 4 is 43.5 Å². The Bertz CT molecular complexity index is 557. The van der Waals surface area contributed by atoms with Crippen LogP contribution in [0.4, 0.5) is 0 Å². The predicted octanol–water partition coefficient (Wildman–Crippen LogP) is 5.11. The summed E-state index contributed by atoms with van der Waals surface area (Å²) in [5.74, 6) is 0. The lowest BCUT2D eigenvalue weighted by Gasteiger charge is -2.15. The van der Waals surface area contributed by atoms with E-state index in [-0.39, 0.29) is 6.04 Å². The van der Waals surface area contributed by atoms with Crippen LogP contribution >= 0.6 is 43.5 Å². The number of rotatable bonds is 3. The third-order valence-electron chi connectivity index (χ3n) is 2.76. The maximum atomic E-state index is 6.24. The van der Waals surface area contributed by atoms with Crippen LogP contribution in [0.3, 0.4) is 0 Å². The second-order valence-corrected chi connectivity index (χ2v) is 6.25. The Morgan fingerprint density at radius 1 is 1.11 bits per heavy atom. The number of hydrogen-bond acceptors (Lipinski definition) is 1. The smallest absolute Gasteiger partial charge is 0.0454 e. The second-order valence-electron chi connectivity index (χ2n) is 4.07. The molecule has 0 aliphatic rings. The van der Waals surface area contributed by atoms with E-state index in [9.17, 15) is 0 Å². The van der Waals surface area contributed by atoms with Gasteiger partial charge in [-0.25, -0.2) is 0 Å². The van der Waals surface area contributed by atoms with Gasteiger partial charge >= 0.3 is 0 Å². The topological polar surface area (TPSA) is 26.0 Å². The van der Waals surface area contributed by atoms with Gasteiger partial charge in [0.15, 0.2) is 0 Å². The molecule has 94 valence electrons. The molecule has 0 bridgehead atoms. The first kappa shape index (κ1) is 14.1. The molecule has 1 nitrogen and oxygen atoms in total. The highest BCUT2D eigenvalue weighted by Crippen LogP contribution is 2.29. The van der Waals surface area contributed by atoms with Gasteiger partial charge in [0, 0.05) is 20.0 Å². The summed E-state index contributed by atoms with van der Waals surface area (Å²) in [6, 6.07) is 13.7. The molecule has 0 aliphatic heterocycles. The summed E-state index contributed by atoms with van der Waals surface area (Å²) in [4.78, 5) is 0. The van der Waals surface area contributed by atoms with E-state index >= 15 is 0 Å². The van der Waals surface area contributed by atoms with Crippen LogP contribution in [0, 0.1) is 0 Å². The Kier molecular flexibility index (Phi) is 4.84. The summed E-state index contributed by atoms with van der Waals surface area (Å²) in [5, 5.41) is 0.706.